The number of rotatable bonds is 1. The molecule has 0 bridgehead atoms. The van der Waals surface area contributed by atoms with E-state index in [1.54, 1.807) is 4.90 Å². The van der Waals surface area contributed by atoms with Gasteiger partial charge in [0.15, 0.2) is 0 Å². The van der Waals surface area contributed by atoms with E-state index in [1.165, 1.54) is 0 Å². The van der Waals surface area contributed by atoms with Crippen molar-refractivity contribution in [2.45, 2.75) is 13.0 Å². The Morgan fingerprint density at radius 2 is 2.54 bits per heavy atom. The van der Waals surface area contributed by atoms with Crippen LogP contribution in [0.1, 0.15) is 6.92 Å². The highest BCUT2D eigenvalue weighted by Gasteiger charge is 2.19. The normalized spacial score (nSPS) is 23.8. The Bertz CT molecular complexity index is 175. The van der Waals surface area contributed by atoms with Crippen LogP contribution in [0.4, 0.5) is 4.79 Å². The highest BCUT2D eigenvalue weighted by atomic mass is 16.3. The smallest absolute Gasteiger partial charge is 0.317 e. The Morgan fingerprint density at radius 3 is 3.23 bits per heavy atom. The molecular weight excluding hydrogens is 170 g/mol. The Morgan fingerprint density at radius 1 is 1.77 bits per heavy atom. The molecule has 5 nitrogen and oxygen atoms in total. The number of aliphatic hydroxyl groups is 1. The first-order valence-electron chi connectivity index (χ1n) is 4.65. The molecule has 0 aliphatic carbocycles. The number of hydrogen-bond donors (Lipinski definition) is 3. The van der Waals surface area contributed by atoms with Gasteiger partial charge < -0.3 is 20.6 Å². The van der Waals surface area contributed by atoms with Gasteiger partial charge in [0.25, 0.3) is 0 Å². The van der Waals surface area contributed by atoms with Crippen LogP contribution in [0.25, 0.3) is 0 Å². The molecule has 1 atom stereocenters. The zero-order chi connectivity index (χ0) is 9.68. The lowest BCUT2D eigenvalue weighted by Gasteiger charge is -2.21. The molecule has 13 heavy (non-hydrogen) atoms. The molecule has 0 aromatic rings. The minimum absolute atomic E-state index is 0.0924. The summed E-state index contributed by atoms with van der Waals surface area (Å²) < 4.78 is 0. The van der Waals surface area contributed by atoms with Gasteiger partial charge in [-0.3, -0.25) is 0 Å². The standard InChI is InChI=1S/C8H17N3O2/c1-2-10-8(13)11-4-3-9-5-7(12)6-11/h7,9,12H,2-6H2,1H3,(H,10,13). The third-order valence-electron chi connectivity index (χ3n) is 1.98. The van der Waals surface area contributed by atoms with Gasteiger partial charge in [0, 0.05) is 32.7 Å². The van der Waals surface area contributed by atoms with Crippen LogP contribution in [0, 0.1) is 0 Å². The van der Waals surface area contributed by atoms with Gasteiger partial charge in [-0.25, -0.2) is 4.79 Å². The first kappa shape index (κ1) is 10.3. The molecule has 3 N–H and O–H groups in total. The van der Waals surface area contributed by atoms with Crippen molar-refractivity contribution in [3.8, 4) is 0 Å². The molecule has 2 amide bonds. The fourth-order valence-corrected chi connectivity index (χ4v) is 1.34. The Hall–Kier alpha value is -0.810. The summed E-state index contributed by atoms with van der Waals surface area (Å²) in [7, 11) is 0. The van der Waals surface area contributed by atoms with Crippen LogP contribution >= 0.6 is 0 Å². The van der Waals surface area contributed by atoms with Crippen molar-refractivity contribution < 1.29 is 9.90 Å². The Labute approximate surface area is 78.1 Å². The highest BCUT2D eigenvalue weighted by Crippen LogP contribution is 1.96. The van der Waals surface area contributed by atoms with Gasteiger partial charge in [-0.15, -0.1) is 0 Å². The van der Waals surface area contributed by atoms with Crippen LogP contribution in [0.5, 0.6) is 0 Å². The van der Waals surface area contributed by atoms with E-state index in [9.17, 15) is 9.90 Å². The molecule has 1 saturated heterocycles. The molecule has 1 heterocycles. The summed E-state index contributed by atoms with van der Waals surface area (Å²) in [6.45, 7) is 4.88. The van der Waals surface area contributed by atoms with Crippen LogP contribution in [-0.4, -0.2) is 54.9 Å². The van der Waals surface area contributed by atoms with Gasteiger partial charge in [-0.1, -0.05) is 0 Å². The summed E-state index contributed by atoms with van der Waals surface area (Å²) in [4.78, 5) is 13.0. The lowest BCUT2D eigenvalue weighted by atomic mass is 10.3. The van der Waals surface area contributed by atoms with Crippen molar-refractivity contribution >= 4 is 6.03 Å². The number of nitrogens with zero attached hydrogens (tertiary/aromatic N) is 1. The van der Waals surface area contributed by atoms with Gasteiger partial charge in [0.1, 0.15) is 0 Å². The summed E-state index contributed by atoms with van der Waals surface area (Å²) in [5, 5.41) is 15.2. The van der Waals surface area contributed by atoms with Crippen LogP contribution in [0.15, 0.2) is 0 Å². The Balaban J connectivity index is 2.42. The SMILES string of the molecule is CCNC(=O)N1CCNCC(O)C1. The van der Waals surface area contributed by atoms with Crippen molar-refractivity contribution in [2.24, 2.45) is 0 Å². The van der Waals surface area contributed by atoms with E-state index in [4.69, 9.17) is 0 Å². The zero-order valence-electron chi connectivity index (χ0n) is 7.92. The molecule has 1 aliphatic rings. The lowest BCUT2D eigenvalue weighted by Crippen LogP contribution is -2.43. The number of β-amino-alcohol motifs (C(OH)–C–C–N with tert-alkyl or cyclic N) is 1. The van der Waals surface area contributed by atoms with E-state index in [1.807, 2.05) is 6.92 Å². The third kappa shape index (κ3) is 3.20. The molecule has 1 fully saturated rings. The summed E-state index contributed by atoms with van der Waals surface area (Å²) in [6, 6.07) is -0.0924. The van der Waals surface area contributed by atoms with E-state index in [0.29, 0.717) is 26.2 Å². The summed E-state index contributed by atoms with van der Waals surface area (Å²) in [5.74, 6) is 0. The second-order valence-electron chi connectivity index (χ2n) is 3.14. The number of carbonyl (C=O) groups excluding carboxylic acids is 1. The number of carbonyl (C=O) groups is 1. The van der Waals surface area contributed by atoms with Crippen molar-refractivity contribution in [1.82, 2.24) is 15.5 Å². The average Bonchev–Trinajstić information content (AvgIpc) is 2.30. The molecule has 0 saturated carbocycles. The molecule has 0 aromatic carbocycles. The van der Waals surface area contributed by atoms with Gasteiger partial charge >= 0.3 is 6.03 Å². The van der Waals surface area contributed by atoms with Gasteiger partial charge in [0.2, 0.25) is 0 Å². The molecule has 0 radical (unpaired) electrons. The largest absolute Gasteiger partial charge is 0.390 e. The average molecular weight is 187 g/mol. The lowest BCUT2D eigenvalue weighted by molar-refractivity contribution is 0.135. The first-order chi connectivity index (χ1) is 6.24. The maximum absolute atomic E-state index is 11.4. The third-order valence-corrected chi connectivity index (χ3v) is 1.98. The van der Waals surface area contributed by atoms with Crippen LogP contribution < -0.4 is 10.6 Å². The maximum Gasteiger partial charge on any atom is 0.317 e. The molecule has 0 aromatic heterocycles. The zero-order valence-corrected chi connectivity index (χ0v) is 7.92. The molecule has 1 unspecified atom stereocenters. The van der Waals surface area contributed by atoms with Gasteiger partial charge in [-0.05, 0) is 6.92 Å². The van der Waals surface area contributed by atoms with Gasteiger partial charge in [0.05, 0.1) is 6.10 Å². The Kier molecular flexibility index (Phi) is 3.98. The number of amides is 2. The van der Waals surface area contributed by atoms with Crippen molar-refractivity contribution in [3.05, 3.63) is 0 Å². The molecule has 76 valence electrons. The van der Waals surface area contributed by atoms with Crippen molar-refractivity contribution in [3.63, 3.8) is 0 Å². The van der Waals surface area contributed by atoms with Gasteiger partial charge in [-0.2, -0.15) is 0 Å². The highest BCUT2D eigenvalue weighted by molar-refractivity contribution is 5.74. The first-order valence-corrected chi connectivity index (χ1v) is 4.65. The molecule has 5 heteroatoms. The van der Waals surface area contributed by atoms with E-state index >= 15 is 0 Å². The second kappa shape index (κ2) is 5.04. The fourth-order valence-electron chi connectivity index (χ4n) is 1.34. The van der Waals surface area contributed by atoms with E-state index in [-0.39, 0.29) is 6.03 Å². The van der Waals surface area contributed by atoms with Crippen LogP contribution in [0.2, 0.25) is 0 Å². The minimum atomic E-state index is -0.454. The fraction of sp³-hybridized carbons (Fsp3) is 0.875. The minimum Gasteiger partial charge on any atom is -0.390 e. The monoisotopic (exact) mass is 187 g/mol. The second-order valence-corrected chi connectivity index (χ2v) is 3.14. The summed E-state index contributed by atoms with van der Waals surface area (Å²) in [6.07, 6.45) is -0.454. The van der Waals surface area contributed by atoms with E-state index in [0.717, 1.165) is 6.54 Å². The maximum atomic E-state index is 11.4. The predicted octanol–water partition coefficient (Wildman–Crippen LogP) is -1.02. The molecule has 1 aliphatic heterocycles. The molecule has 1 rings (SSSR count). The summed E-state index contributed by atoms with van der Waals surface area (Å²) >= 11 is 0. The van der Waals surface area contributed by atoms with Crippen LogP contribution in [0.3, 0.4) is 0 Å². The number of urea groups is 1. The number of hydrogen-bond acceptors (Lipinski definition) is 3. The predicted molar refractivity (Wildman–Crippen MR) is 49.5 cm³/mol. The topological polar surface area (TPSA) is 64.6 Å². The molecular formula is C8H17N3O2. The quantitative estimate of drug-likeness (QED) is 0.492. The number of nitrogens with one attached hydrogen (secondary N) is 2. The van der Waals surface area contributed by atoms with E-state index in [2.05, 4.69) is 10.6 Å². The molecule has 0 spiro atoms. The number of aliphatic hydroxyl groups excluding tert-OH is 1. The summed E-state index contributed by atoms with van der Waals surface area (Å²) in [5.41, 5.74) is 0. The van der Waals surface area contributed by atoms with Crippen molar-refractivity contribution in [1.29, 1.82) is 0 Å². The van der Waals surface area contributed by atoms with E-state index < -0.39 is 6.10 Å². The van der Waals surface area contributed by atoms with Crippen molar-refractivity contribution in [2.75, 3.05) is 32.7 Å². The van der Waals surface area contributed by atoms with Crippen LogP contribution in [-0.2, 0) is 0 Å².